The Labute approximate surface area is 131 Å². The molecular weight excluding hydrogens is 311 g/mol. The van der Waals surface area contributed by atoms with Gasteiger partial charge in [0.25, 0.3) is 0 Å². The fraction of sp³-hybridized carbons (Fsp3) is 0.467. The van der Waals surface area contributed by atoms with E-state index in [1.807, 2.05) is 0 Å². The molecule has 0 aromatic heterocycles. The van der Waals surface area contributed by atoms with Crippen molar-refractivity contribution in [1.29, 1.82) is 5.26 Å². The molecule has 3 N–H and O–H groups in total. The summed E-state index contributed by atoms with van der Waals surface area (Å²) in [6, 6.07) is 4.87. The first-order chi connectivity index (χ1) is 10.8. The molecule has 0 unspecified atom stereocenters. The van der Waals surface area contributed by atoms with Crippen molar-refractivity contribution in [3.63, 3.8) is 0 Å². The Kier molecular flexibility index (Phi) is 4.80. The number of rotatable bonds is 4. The summed E-state index contributed by atoms with van der Waals surface area (Å²) >= 11 is 0. The number of halogens is 3. The minimum atomic E-state index is -4.62. The first kappa shape index (κ1) is 17.1. The van der Waals surface area contributed by atoms with Crippen molar-refractivity contribution >= 4 is 11.6 Å². The van der Waals surface area contributed by atoms with Gasteiger partial charge in [-0.1, -0.05) is 0 Å². The predicted octanol–water partition coefficient (Wildman–Crippen LogP) is 2.27. The van der Waals surface area contributed by atoms with Gasteiger partial charge in [-0.05, 0) is 31.0 Å². The second kappa shape index (κ2) is 6.46. The Hall–Kier alpha value is -2.27. The van der Waals surface area contributed by atoms with Gasteiger partial charge in [0.15, 0.2) is 0 Å². The quantitative estimate of drug-likeness (QED) is 0.888. The molecule has 5 nitrogen and oxygen atoms in total. The topological polar surface area (TPSA) is 88.1 Å². The molecule has 1 aromatic rings. The Morgan fingerprint density at radius 2 is 2.04 bits per heavy atom. The number of nitrogens with one attached hydrogen (secondary N) is 1. The number of anilines is 1. The average molecular weight is 327 g/mol. The van der Waals surface area contributed by atoms with Crippen molar-refractivity contribution in [2.24, 2.45) is 11.1 Å². The number of nitrogens with zero attached hydrogens (tertiary/aromatic N) is 1. The van der Waals surface area contributed by atoms with Gasteiger partial charge >= 0.3 is 6.18 Å². The van der Waals surface area contributed by atoms with Gasteiger partial charge in [-0.15, -0.1) is 0 Å². The van der Waals surface area contributed by atoms with Crippen LogP contribution in [0.15, 0.2) is 18.2 Å². The third-order valence-electron chi connectivity index (χ3n) is 4.05. The second-order valence-corrected chi connectivity index (χ2v) is 5.48. The Bertz CT molecular complexity index is 632. The first-order valence-corrected chi connectivity index (χ1v) is 7.01. The zero-order valence-corrected chi connectivity index (χ0v) is 12.2. The summed E-state index contributed by atoms with van der Waals surface area (Å²) in [6.45, 7) is 0.881. The highest BCUT2D eigenvalue weighted by Gasteiger charge is 2.38. The smallest absolute Gasteiger partial charge is 0.384 e. The summed E-state index contributed by atoms with van der Waals surface area (Å²) in [6.07, 6.45) is -3.79. The highest BCUT2D eigenvalue weighted by atomic mass is 19.4. The van der Waals surface area contributed by atoms with Crippen LogP contribution in [0.3, 0.4) is 0 Å². The molecule has 8 heteroatoms. The number of ether oxygens (including phenoxy) is 1. The summed E-state index contributed by atoms with van der Waals surface area (Å²) in [4.78, 5) is 11.7. The van der Waals surface area contributed by atoms with E-state index < -0.39 is 28.6 Å². The molecule has 0 atom stereocenters. The highest BCUT2D eigenvalue weighted by Crippen LogP contribution is 2.35. The molecule has 0 saturated carbocycles. The molecule has 0 radical (unpaired) electrons. The molecule has 1 amide bonds. The molecule has 124 valence electrons. The van der Waals surface area contributed by atoms with Crippen LogP contribution in [0.5, 0.6) is 0 Å². The van der Waals surface area contributed by atoms with Crippen LogP contribution in [0.4, 0.5) is 18.9 Å². The molecule has 1 aromatic carbocycles. The third kappa shape index (κ3) is 3.74. The lowest BCUT2D eigenvalue weighted by atomic mass is 9.79. The van der Waals surface area contributed by atoms with Gasteiger partial charge in [0.1, 0.15) is 0 Å². The molecule has 1 aliphatic heterocycles. The van der Waals surface area contributed by atoms with Crippen LogP contribution in [-0.2, 0) is 15.7 Å². The van der Waals surface area contributed by atoms with E-state index in [2.05, 4.69) is 5.32 Å². The summed E-state index contributed by atoms with van der Waals surface area (Å²) in [7, 11) is 0. The third-order valence-corrected chi connectivity index (χ3v) is 4.05. The lowest BCUT2D eigenvalue weighted by Gasteiger charge is -2.34. The van der Waals surface area contributed by atoms with Crippen molar-refractivity contribution in [2.45, 2.75) is 19.0 Å². The van der Waals surface area contributed by atoms with Gasteiger partial charge in [0.05, 0.1) is 22.6 Å². The van der Waals surface area contributed by atoms with E-state index in [1.54, 1.807) is 0 Å². The second-order valence-electron chi connectivity index (χ2n) is 5.48. The first-order valence-electron chi connectivity index (χ1n) is 7.01. The predicted molar refractivity (Wildman–Crippen MR) is 76.3 cm³/mol. The van der Waals surface area contributed by atoms with E-state index in [9.17, 15) is 18.0 Å². The van der Waals surface area contributed by atoms with Crippen LogP contribution >= 0.6 is 0 Å². The molecule has 1 heterocycles. The van der Waals surface area contributed by atoms with Crippen LogP contribution in [-0.4, -0.2) is 25.7 Å². The number of nitrogens with two attached hydrogens (primary N) is 1. The van der Waals surface area contributed by atoms with Gasteiger partial charge in [-0.2, -0.15) is 18.4 Å². The van der Waals surface area contributed by atoms with Gasteiger partial charge < -0.3 is 15.8 Å². The number of hydrogen-bond donors (Lipinski definition) is 2. The van der Waals surface area contributed by atoms with Crippen molar-refractivity contribution in [1.82, 2.24) is 0 Å². The number of primary amides is 1. The van der Waals surface area contributed by atoms with Crippen molar-refractivity contribution in [3.8, 4) is 6.07 Å². The summed E-state index contributed by atoms with van der Waals surface area (Å²) < 4.78 is 44.0. The zero-order valence-electron chi connectivity index (χ0n) is 12.2. The van der Waals surface area contributed by atoms with E-state index in [1.165, 1.54) is 12.1 Å². The van der Waals surface area contributed by atoms with E-state index in [0.717, 1.165) is 12.1 Å². The Morgan fingerprint density at radius 1 is 1.39 bits per heavy atom. The largest absolute Gasteiger partial charge is 0.417 e. The maximum absolute atomic E-state index is 12.9. The van der Waals surface area contributed by atoms with Crippen LogP contribution in [0.1, 0.15) is 24.0 Å². The molecule has 0 bridgehead atoms. The molecule has 1 saturated heterocycles. The molecule has 23 heavy (non-hydrogen) atoms. The van der Waals surface area contributed by atoms with Crippen LogP contribution < -0.4 is 11.1 Å². The zero-order chi connectivity index (χ0) is 17.1. The van der Waals surface area contributed by atoms with E-state index >= 15 is 0 Å². The highest BCUT2D eigenvalue weighted by molar-refractivity contribution is 5.81. The van der Waals surface area contributed by atoms with Crippen LogP contribution in [0, 0.1) is 16.7 Å². The Morgan fingerprint density at radius 3 is 2.57 bits per heavy atom. The minimum absolute atomic E-state index is 0.120. The molecule has 0 spiro atoms. The number of nitriles is 1. The number of carbonyl (C=O) groups is 1. The number of benzene rings is 1. The van der Waals surface area contributed by atoms with E-state index in [0.29, 0.717) is 26.1 Å². The number of carbonyl (C=O) groups excluding carboxylic acids is 1. The number of amides is 1. The minimum Gasteiger partial charge on any atom is -0.384 e. The fourth-order valence-corrected chi connectivity index (χ4v) is 2.53. The Balaban J connectivity index is 2.20. The van der Waals surface area contributed by atoms with E-state index in [4.69, 9.17) is 15.7 Å². The normalized spacial score (nSPS) is 17.3. The molecule has 0 aliphatic carbocycles. The fourth-order valence-electron chi connectivity index (χ4n) is 2.53. The maximum atomic E-state index is 12.9. The van der Waals surface area contributed by atoms with Crippen LogP contribution in [0.2, 0.25) is 0 Å². The maximum Gasteiger partial charge on any atom is 0.417 e. The summed E-state index contributed by atoms with van der Waals surface area (Å²) in [5.41, 5.74) is 3.34. The number of alkyl halides is 3. The van der Waals surface area contributed by atoms with Gasteiger partial charge in [0, 0.05) is 25.4 Å². The van der Waals surface area contributed by atoms with Crippen LogP contribution in [0.25, 0.3) is 0 Å². The monoisotopic (exact) mass is 327 g/mol. The summed E-state index contributed by atoms with van der Waals surface area (Å²) in [5, 5.41) is 11.6. The van der Waals surface area contributed by atoms with Gasteiger partial charge in [-0.25, -0.2) is 0 Å². The van der Waals surface area contributed by atoms with Crippen molar-refractivity contribution in [2.75, 3.05) is 25.1 Å². The average Bonchev–Trinajstić information content (AvgIpc) is 2.52. The summed E-state index contributed by atoms with van der Waals surface area (Å²) in [5.74, 6) is -0.502. The van der Waals surface area contributed by atoms with E-state index in [-0.39, 0.29) is 12.2 Å². The SMILES string of the molecule is N#Cc1ccc(NCC2(C(N)=O)CCOCC2)cc1C(F)(F)F. The molecule has 1 fully saturated rings. The number of hydrogen-bond acceptors (Lipinski definition) is 4. The standard InChI is InChI=1S/C15H16F3N3O2/c16-15(17,18)12-7-11(2-1-10(12)8-19)21-9-14(13(20)22)3-5-23-6-4-14/h1-2,7,21H,3-6,9H2,(H2,20,22). The molecular formula is C15H16F3N3O2. The molecule has 2 rings (SSSR count). The lowest BCUT2D eigenvalue weighted by molar-refractivity contribution is -0.137. The van der Waals surface area contributed by atoms with Crippen molar-refractivity contribution in [3.05, 3.63) is 29.3 Å². The molecule has 1 aliphatic rings. The van der Waals surface area contributed by atoms with Gasteiger partial charge in [-0.3, -0.25) is 4.79 Å². The lowest BCUT2D eigenvalue weighted by Crippen LogP contribution is -2.46. The van der Waals surface area contributed by atoms with Gasteiger partial charge in [0.2, 0.25) is 5.91 Å². The van der Waals surface area contributed by atoms with Crippen molar-refractivity contribution < 1.29 is 22.7 Å².